The van der Waals surface area contributed by atoms with Gasteiger partial charge in [-0.25, -0.2) is 5.43 Å². The van der Waals surface area contributed by atoms with Gasteiger partial charge >= 0.3 is 0 Å². The first-order valence-electron chi connectivity index (χ1n) is 7.96. The summed E-state index contributed by atoms with van der Waals surface area (Å²) in [4.78, 5) is 23.1. The van der Waals surface area contributed by atoms with Gasteiger partial charge in [-0.05, 0) is 18.6 Å². The van der Waals surface area contributed by atoms with Crippen molar-refractivity contribution in [2.75, 3.05) is 0 Å². The molecule has 2 aromatic heterocycles. The van der Waals surface area contributed by atoms with E-state index < -0.39 is 6.04 Å². The molecule has 0 spiro atoms. The highest BCUT2D eigenvalue weighted by atomic mass is 16.5. The highest BCUT2D eigenvalue weighted by Crippen LogP contribution is 2.28. The Morgan fingerprint density at radius 2 is 2.16 bits per heavy atom. The molecular formula is C17H16N4O4. The fraction of sp³-hybridized carbons (Fsp3) is 0.235. The van der Waals surface area contributed by atoms with Crippen molar-refractivity contribution >= 4 is 22.8 Å². The molecule has 8 nitrogen and oxygen atoms in total. The van der Waals surface area contributed by atoms with Gasteiger partial charge in [0.05, 0.1) is 6.54 Å². The zero-order valence-electron chi connectivity index (χ0n) is 13.2. The lowest BCUT2D eigenvalue weighted by Crippen LogP contribution is -2.55. The third kappa shape index (κ3) is 3.24. The van der Waals surface area contributed by atoms with Crippen molar-refractivity contribution in [3.63, 3.8) is 0 Å². The van der Waals surface area contributed by atoms with Crippen LogP contribution in [-0.4, -0.2) is 23.0 Å². The SMILES string of the molecule is O=C1CCC(C(=O)NCc2cc(-c3cc4ccccc4o3)on2)NN1. The molecule has 0 bridgehead atoms. The van der Waals surface area contributed by atoms with Crippen LogP contribution >= 0.6 is 0 Å². The number of nitrogens with one attached hydrogen (secondary N) is 3. The monoisotopic (exact) mass is 340 g/mol. The maximum atomic E-state index is 12.1. The van der Waals surface area contributed by atoms with Crippen LogP contribution in [0.25, 0.3) is 22.5 Å². The summed E-state index contributed by atoms with van der Waals surface area (Å²) in [6.07, 6.45) is 0.784. The number of para-hydroxylation sites is 1. The summed E-state index contributed by atoms with van der Waals surface area (Å²) in [6.45, 7) is 0.231. The second-order valence-electron chi connectivity index (χ2n) is 5.83. The number of hydrogen-bond donors (Lipinski definition) is 3. The number of carbonyl (C=O) groups excluding carboxylic acids is 2. The largest absolute Gasteiger partial charge is 0.453 e. The number of carbonyl (C=O) groups is 2. The Morgan fingerprint density at radius 3 is 2.96 bits per heavy atom. The van der Waals surface area contributed by atoms with Crippen LogP contribution in [0.3, 0.4) is 0 Å². The molecule has 1 aliphatic rings. The molecule has 1 aromatic carbocycles. The first kappa shape index (κ1) is 15.4. The van der Waals surface area contributed by atoms with E-state index in [4.69, 9.17) is 8.94 Å². The van der Waals surface area contributed by atoms with E-state index in [-0.39, 0.29) is 18.4 Å². The second-order valence-corrected chi connectivity index (χ2v) is 5.83. The van der Waals surface area contributed by atoms with Crippen molar-refractivity contribution in [1.29, 1.82) is 0 Å². The number of fused-ring (bicyclic) bond motifs is 1. The van der Waals surface area contributed by atoms with Gasteiger partial charge in [-0.3, -0.25) is 15.0 Å². The number of aromatic nitrogens is 1. The highest BCUT2D eigenvalue weighted by Gasteiger charge is 2.24. The van der Waals surface area contributed by atoms with Crippen molar-refractivity contribution in [3.05, 3.63) is 42.1 Å². The zero-order chi connectivity index (χ0) is 17.2. The lowest BCUT2D eigenvalue weighted by Gasteiger charge is -2.22. The van der Waals surface area contributed by atoms with Crippen LogP contribution < -0.4 is 16.2 Å². The van der Waals surface area contributed by atoms with E-state index in [2.05, 4.69) is 21.3 Å². The van der Waals surface area contributed by atoms with E-state index in [0.717, 1.165) is 11.0 Å². The standard InChI is InChI=1S/C17H16N4O4/c22-16-6-5-12(19-20-16)17(23)18-9-11-8-15(25-21-11)14-7-10-3-1-2-4-13(10)24-14/h1-4,7-8,12,19H,5-6,9H2,(H,18,23)(H,20,22). The van der Waals surface area contributed by atoms with Crippen molar-refractivity contribution < 1.29 is 18.5 Å². The third-order valence-electron chi connectivity index (χ3n) is 4.03. The number of benzene rings is 1. The number of nitrogens with zero attached hydrogens (tertiary/aromatic N) is 1. The summed E-state index contributed by atoms with van der Waals surface area (Å²) >= 11 is 0. The summed E-state index contributed by atoms with van der Waals surface area (Å²) < 4.78 is 11.0. The topological polar surface area (TPSA) is 109 Å². The average Bonchev–Trinajstić information content (AvgIpc) is 3.26. The van der Waals surface area contributed by atoms with Crippen LogP contribution in [0.5, 0.6) is 0 Å². The van der Waals surface area contributed by atoms with Gasteiger partial charge in [0, 0.05) is 17.9 Å². The maximum absolute atomic E-state index is 12.1. The predicted molar refractivity (Wildman–Crippen MR) is 87.9 cm³/mol. The minimum atomic E-state index is -0.445. The molecule has 2 amide bonds. The van der Waals surface area contributed by atoms with Gasteiger partial charge in [0.25, 0.3) is 0 Å². The smallest absolute Gasteiger partial charge is 0.239 e. The molecule has 25 heavy (non-hydrogen) atoms. The van der Waals surface area contributed by atoms with Crippen molar-refractivity contribution in [1.82, 2.24) is 21.3 Å². The molecule has 1 unspecified atom stereocenters. The molecular weight excluding hydrogens is 324 g/mol. The Balaban J connectivity index is 1.39. The van der Waals surface area contributed by atoms with Gasteiger partial charge in [-0.2, -0.15) is 0 Å². The van der Waals surface area contributed by atoms with Gasteiger partial charge < -0.3 is 14.3 Å². The molecule has 4 rings (SSSR count). The van der Waals surface area contributed by atoms with Crippen molar-refractivity contribution in [3.8, 4) is 11.5 Å². The quantitative estimate of drug-likeness (QED) is 0.664. The maximum Gasteiger partial charge on any atom is 0.239 e. The number of amides is 2. The minimum absolute atomic E-state index is 0.115. The van der Waals surface area contributed by atoms with Crippen molar-refractivity contribution in [2.45, 2.75) is 25.4 Å². The molecule has 3 heterocycles. The molecule has 1 aliphatic heterocycles. The molecule has 0 aliphatic carbocycles. The fourth-order valence-electron chi connectivity index (χ4n) is 2.69. The number of furan rings is 1. The van der Waals surface area contributed by atoms with Crippen LogP contribution in [0.2, 0.25) is 0 Å². The second kappa shape index (κ2) is 6.40. The van der Waals surface area contributed by atoms with Gasteiger partial charge in [0.15, 0.2) is 5.76 Å². The molecule has 0 radical (unpaired) electrons. The summed E-state index contributed by atoms with van der Waals surface area (Å²) in [7, 11) is 0. The van der Waals surface area contributed by atoms with Gasteiger partial charge in [0.1, 0.15) is 17.3 Å². The molecule has 0 saturated carbocycles. The first-order valence-corrected chi connectivity index (χ1v) is 7.96. The molecule has 8 heteroatoms. The molecule has 1 atom stereocenters. The Labute approximate surface area is 142 Å². The van der Waals surface area contributed by atoms with E-state index in [1.165, 1.54) is 0 Å². The van der Waals surface area contributed by atoms with Gasteiger partial charge in [0.2, 0.25) is 17.6 Å². The molecule has 3 N–H and O–H groups in total. The summed E-state index contributed by atoms with van der Waals surface area (Å²) in [5, 5.41) is 7.70. The molecule has 1 saturated heterocycles. The van der Waals surface area contributed by atoms with Crippen LogP contribution in [0, 0.1) is 0 Å². The zero-order valence-corrected chi connectivity index (χ0v) is 13.2. The summed E-state index contributed by atoms with van der Waals surface area (Å²) in [6, 6.07) is 10.8. The lowest BCUT2D eigenvalue weighted by atomic mass is 10.1. The van der Waals surface area contributed by atoms with E-state index in [1.54, 1.807) is 6.07 Å². The number of hydrogen-bond acceptors (Lipinski definition) is 6. The average molecular weight is 340 g/mol. The summed E-state index contributed by atoms with van der Waals surface area (Å²) in [5.74, 6) is 0.774. The van der Waals surface area contributed by atoms with E-state index in [0.29, 0.717) is 30.1 Å². The number of rotatable bonds is 4. The van der Waals surface area contributed by atoms with Crippen LogP contribution in [0.15, 0.2) is 45.3 Å². The van der Waals surface area contributed by atoms with Crippen molar-refractivity contribution in [2.24, 2.45) is 0 Å². The molecule has 128 valence electrons. The molecule has 1 fully saturated rings. The Bertz CT molecular complexity index is 887. The normalized spacial score (nSPS) is 17.4. The highest BCUT2D eigenvalue weighted by molar-refractivity contribution is 5.85. The Kier molecular flexibility index (Phi) is 3.95. The fourth-order valence-corrected chi connectivity index (χ4v) is 2.69. The van der Waals surface area contributed by atoms with Gasteiger partial charge in [-0.15, -0.1) is 0 Å². The lowest BCUT2D eigenvalue weighted by molar-refractivity contribution is -0.129. The first-order chi connectivity index (χ1) is 12.2. The minimum Gasteiger partial charge on any atom is -0.453 e. The van der Waals surface area contributed by atoms with Crippen LogP contribution in [0.1, 0.15) is 18.5 Å². The Hall–Kier alpha value is -3.13. The van der Waals surface area contributed by atoms with E-state index in [1.807, 2.05) is 30.3 Å². The van der Waals surface area contributed by atoms with E-state index >= 15 is 0 Å². The number of hydrazine groups is 1. The third-order valence-corrected chi connectivity index (χ3v) is 4.03. The Morgan fingerprint density at radius 1 is 1.28 bits per heavy atom. The predicted octanol–water partition coefficient (Wildman–Crippen LogP) is 1.49. The van der Waals surface area contributed by atoms with Crippen LogP contribution in [0.4, 0.5) is 0 Å². The summed E-state index contributed by atoms with van der Waals surface area (Å²) in [5.41, 5.74) is 6.49. The van der Waals surface area contributed by atoms with E-state index in [9.17, 15) is 9.59 Å². The van der Waals surface area contributed by atoms with Gasteiger partial charge in [-0.1, -0.05) is 23.4 Å². The molecule has 3 aromatic rings. The van der Waals surface area contributed by atoms with Crippen LogP contribution in [-0.2, 0) is 16.1 Å².